The third-order valence-corrected chi connectivity index (χ3v) is 5.53. The summed E-state index contributed by atoms with van der Waals surface area (Å²) in [7, 11) is 1.78. The van der Waals surface area contributed by atoms with Crippen LogP contribution < -0.4 is 16.0 Å². The van der Waals surface area contributed by atoms with Gasteiger partial charge in [-0.05, 0) is 43.5 Å². The van der Waals surface area contributed by atoms with Gasteiger partial charge < -0.3 is 16.0 Å². The van der Waals surface area contributed by atoms with Crippen molar-refractivity contribution in [3.05, 3.63) is 47.2 Å². The van der Waals surface area contributed by atoms with Crippen molar-refractivity contribution in [2.45, 2.75) is 38.8 Å². The van der Waals surface area contributed by atoms with Crippen molar-refractivity contribution in [2.75, 3.05) is 33.2 Å². The van der Waals surface area contributed by atoms with Crippen LogP contribution in [0.5, 0.6) is 0 Å². The minimum atomic E-state index is 0.116. The highest BCUT2D eigenvalue weighted by Gasteiger charge is 2.21. The van der Waals surface area contributed by atoms with Crippen molar-refractivity contribution in [3.8, 4) is 5.69 Å². The summed E-state index contributed by atoms with van der Waals surface area (Å²) in [5.41, 5.74) is 2.03. The fourth-order valence-corrected chi connectivity index (χ4v) is 3.64. The van der Waals surface area contributed by atoms with E-state index in [1.165, 1.54) is 0 Å². The highest BCUT2D eigenvalue weighted by atomic mass is 35.5. The summed E-state index contributed by atoms with van der Waals surface area (Å²) in [5, 5.41) is 14.9. The first-order valence-electron chi connectivity index (χ1n) is 10.8. The monoisotopic (exact) mass is 445 g/mol. The standard InChI is InChI=1S/C22H32ClN7O/c1-3-10-25-21(31)16-29-11-8-19(9-12-29)28-22(24-2)26-13-17-14-27-30(15-17)20-6-4-18(23)5-7-20/h4-7,14-15,19H,3,8-13,16H2,1-2H3,(H,25,31)(H2,24,26,28). The van der Waals surface area contributed by atoms with Crippen LogP contribution in [-0.4, -0.2) is 65.8 Å². The number of benzene rings is 1. The second-order valence-electron chi connectivity index (χ2n) is 7.74. The first-order valence-corrected chi connectivity index (χ1v) is 11.2. The van der Waals surface area contributed by atoms with Crippen LogP contribution >= 0.6 is 11.6 Å². The average molecular weight is 446 g/mol. The van der Waals surface area contributed by atoms with Crippen molar-refractivity contribution in [3.63, 3.8) is 0 Å². The zero-order valence-corrected chi connectivity index (χ0v) is 19.0. The van der Waals surface area contributed by atoms with E-state index in [1.807, 2.05) is 41.3 Å². The predicted molar refractivity (Wildman–Crippen MR) is 125 cm³/mol. The molecule has 0 bridgehead atoms. The van der Waals surface area contributed by atoms with Crippen LogP contribution in [0.2, 0.25) is 5.02 Å². The van der Waals surface area contributed by atoms with E-state index in [2.05, 4.69) is 37.9 Å². The third-order valence-electron chi connectivity index (χ3n) is 5.28. The second-order valence-corrected chi connectivity index (χ2v) is 8.18. The number of carbonyl (C=O) groups is 1. The number of rotatable bonds is 8. The summed E-state index contributed by atoms with van der Waals surface area (Å²) in [4.78, 5) is 18.5. The van der Waals surface area contributed by atoms with Crippen molar-refractivity contribution in [1.29, 1.82) is 0 Å². The van der Waals surface area contributed by atoms with Gasteiger partial charge in [0.1, 0.15) is 0 Å². The molecule has 0 saturated carbocycles. The van der Waals surface area contributed by atoms with E-state index in [0.717, 1.165) is 56.1 Å². The summed E-state index contributed by atoms with van der Waals surface area (Å²) in [6.45, 7) is 5.73. The van der Waals surface area contributed by atoms with Gasteiger partial charge in [0.25, 0.3) is 0 Å². The van der Waals surface area contributed by atoms with Crippen LogP contribution in [0.25, 0.3) is 5.69 Å². The Morgan fingerprint density at radius 1 is 1.23 bits per heavy atom. The van der Waals surface area contributed by atoms with Crippen molar-refractivity contribution >= 4 is 23.5 Å². The minimum absolute atomic E-state index is 0.116. The van der Waals surface area contributed by atoms with E-state index < -0.39 is 0 Å². The average Bonchev–Trinajstić information content (AvgIpc) is 3.26. The normalized spacial score (nSPS) is 15.6. The van der Waals surface area contributed by atoms with Gasteiger partial charge in [-0.1, -0.05) is 18.5 Å². The number of likely N-dealkylation sites (tertiary alicyclic amines) is 1. The number of piperidine rings is 1. The van der Waals surface area contributed by atoms with Gasteiger partial charge in [-0.15, -0.1) is 0 Å². The Balaban J connectivity index is 1.41. The molecule has 8 nitrogen and oxygen atoms in total. The number of aromatic nitrogens is 2. The molecule has 2 aromatic rings. The fourth-order valence-electron chi connectivity index (χ4n) is 3.52. The number of guanidine groups is 1. The topological polar surface area (TPSA) is 86.6 Å². The lowest BCUT2D eigenvalue weighted by Gasteiger charge is -2.32. The molecule has 0 radical (unpaired) electrons. The number of hydrogen-bond donors (Lipinski definition) is 3. The highest BCUT2D eigenvalue weighted by Crippen LogP contribution is 2.13. The van der Waals surface area contributed by atoms with Crippen molar-refractivity contribution < 1.29 is 4.79 Å². The van der Waals surface area contributed by atoms with Crippen molar-refractivity contribution in [2.24, 2.45) is 4.99 Å². The summed E-state index contributed by atoms with van der Waals surface area (Å²) in [6.07, 6.45) is 6.76. The minimum Gasteiger partial charge on any atom is -0.355 e. The van der Waals surface area contributed by atoms with Crippen LogP contribution in [0, 0.1) is 0 Å². The summed E-state index contributed by atoms with van der Waals surface area (Å²) in [6, 6.07) is 7.92. The molecular weight excluding hydrogens is 414 g/mol. The molecule has 0 unspecified atom stereocenters. The molecule has 1 aromatic carbocycles. The summed E-state index contributed by atoms with van der Waals surface area (Å²) < 4.78 is 1.83. The number of aliphatic imine (C=N–C) groups is 1. The zero-order valence-electron chi connectivity index (χ0n) is 18.3. The largest absolute Gasteiger partial charge is 0.355 e. The van der Waals surface area contributed by atoms with E-state index in [-0.39, 0.29) is 5.91 Å². The molecule has 3 rings (SSSR count). The van der Waals surface area contributed by atoms with Crippen LogP contribution in [0.4, 0.5) is 0 Å². The third kappa shape index (κ3) is 7.25. The van der Waals surface area contributed by atoms with Gasteiger partial charge in [0.05, 0.1) is 18.4 Å². The van der Waals surface area contributed by atoms with Crippen LogP contribution in [0.3, 0.4) is 0 Å². The Bertz CT molecular complexity index is 857. The Hall–Kier alpha value is -2.58. The molecule has 0 aliphatic carbocycles. The van der Waals surface area contributed by atoms with Gasteiger partial charge in [0.15, 0.2) is 5.96 Å². The van der Waals surface area contributed by atoms with E-state index >= 15 is 0 Å². The molecule has 1 fully saturated rings. The predicted octanol–water partition coefficient (Wildman–Crippen LogP) is 2.18. The molecule has 1 aliphatic rings. The maximum atomic E-state index is 11.9. The van der Waals surface area contributed by atoms with Gasteiger partial charge in [-0.2, -0.15) is 5.10 Å². The Morgan fingerprint density at radius 3 is 2.65 bits per heavy atom. The summed E-state index contributed by atoms with van der Waals surface area (Å²) in [5.74, 6) is 0.892. The molecule has 168 valence electrons. The SMILES string of the molecule is CCCNC(=O)CN1CCC(NC(=NC)NCc2cnn(-c3ccc(Cl)cc3)c2)CC1. The number of nitrogens with one attached hydrogen (secondary N) is 3. The lowest BCUT2D eigenvalue weighted by molar-refractivity contribution is -0.122. The molecule has 3 N–H and O–H groups in total. The molecule has 0 atom stereocenters. The van der Waals surface area contributed by atoms with Crippen LogP contribution in [0.1, 0.15) is 31.7 Å². The van der Waals surface area contributed by atoms with Gasteiger partial charge in [-0.25, -0.2) is 4.68 Å². The molecule has 1 saturated heterocycles. The van der Waals surface area contributed by atoms with E-state index in [1.54, 1.807) is 7.05 Å². The van der Waals surface area contributed by atoms with Crippen LogP contribution in [0.15, 0.2) is 41.7 Å². The maximum absolute atomic E-state index is 11.9. The van der Waals surface area contributed by atoms with Gasteiger partial charge >= 0.3 is 0 Å². The quantitative estimate of drug-likeness (QED) is 0.428. The van der Waals surface area contributed by atoms with E-state index in [0.29, 0.717) is 24.2 Å². The fraction of sp³-hybridized carbons (Fsp3) is 0.500. The molecule has 2 heterocycles. The number of carbonyl (C=O) groups excluding carboxylic acids is 1. The Morgan fingerprint density at radius 2 is 1.97 bits per heavy atom. The zero-order chi connectivity index (χ0) is 22.1. The molecular formula is C22H32ClN7O. The van der Waals surface area contributed by atoms with Gasteiger partial charge in [0.2, 0.25) is 5.91 Å². The molecule has 31 heavy (non-hydrogen) atoms. The van der Waals surface area contributed by atoms with Crippen LogP contribution in [-0.2, 0) is 11.3 Å². The van der Waals surface area contributed by atoms with Gasteiger partial charge in [0, 0.05) is 56.1 Å². The molecule has 1 aliphatic heterocycles. The summed E-state index contributed by atoms with van der Waals surface area (Å²) >= 11 is 5.95. The number of amides is 1. The first kappa shape index (κ1) is 23.1. The highest BCUT2D eigenvalue weighted by molar-refractivity contribution is 6.30. The molecule has 9 heteroatoms. The van der Waals surface area contributed by atoms with Crippen molar-refractivity contribution in [1.82, 2.24) is 30.6 Å². The number of nitrogens with zero attached hydrogens (tertiary/aromatic N) is 4. The Kier molecular flexibility index (Phi) is 8.73. The Labute approximate surface area is 189 Å². The lowest BCUT2D eigenvalue weighted by Crippen LogP contribution is -2.50. The number of hydrogen-bond acceptors (Lipinski definition) is 4. The number of halogens is 1. The molecule has 0 spiro atoms. The maximum Gasteiger partial charge on any atom is 0.234 e. The molecule has 1 aromatic heterocycles. The lowest BCUT2D eigenvalue weighted by atomic mass is 10.1. The van der Waals surface area contributed by atoms with E-state index in [4.69, 9.17) is 11.6 Å². The smallest absolute Gasteiger partial charge is 0.234 e. The van der Waals surface area contributed by atoms with Gasteiger partial charge in [-0.3, -0.25) is 14.7 Å². The molecule has 1 amide bonds. The second kappa shape index (κ2) is 11.7. The first-order chi connectivity index (χ1) is 15.1. The van der Waals surface area contributed by atoms with E-state index in [9.17, 15) is 4.79 Å².